The Balaban J connectivity index is 1.61. The van der Waals surface area contributed by atoms with Gasteiger partial charge in [0.05, 0.1) is 12.0 Å². The van der Waals surface area contributed by atoms with Crippen LogP contribution in [0.1, 0.15) is 41.6 Å². The fourth-order valence-electron chi connectivity index (χ4n) is 4.03. The Morgan fingerprint density at radius 2 is 1.71 bits per heavy atom. The molecule has 8 heteroatoms. The van der Waals surface area contributed by atoms with E-state index in [0.717, 1.165) is 37.0 Å². The molecule has 1 amide bonds. The molecule has 0 atom stereocenters. The van der Waals surface area contributed by atoms with Crippen LogP contribution in [0.5, 0.6) is 5.75 Å². The molecule has 0 radical (unpaired) electrons. The van der Waals surface area contributed by atoms with E-state index >= 15 is 0 Å². The van der Waals surface area contributed by atoms with Crippen molar-refractivity contribution in [3.05, 3.63) is 83.9 Å². The molecular formula is C26H29N3O4S. The van der Waals surface area contributed by atoms with Crippen molar-refractivity contribution >= 4 is 27.3 Å². The Morgan fingerprint density at radius 3 is 2.44 bits per heavy atom. The fourth-order valence-corrected chi connectivity index (χ4v) is 5.16. The third-order valence-electron chi connectivity index (χ3n) is 5.83. The summed E-state index contributed by atoms with van der Waals surface area (Å²) in [6.45, 7) is 0.441. The van der Waals surface area contributed by atoms with E-state index in [9.17, 15) is 13.2 Å². The van der Waals surface area contributed by atoms with Crippen LogP contribution < -0.4 is 20.1 Å². The summed E-state index contributed by atoms with van der Waals surface area (Å²) < 4.78 is 34.1. The summed E-state index contributed by atoms with van der Waals surface area (Å²) in [5.74, 6) is 0.465. The summed E-state index contributed by atoms with van der Waals surface area (Å²) in [4.78, 5) is 13.0. The van der Waals surface area contributed by atoms with Crippen LogP contribution in [0.3, 0.4) is 0 Å². The van der Waals surface area contributed by atoms with Crippen LogP contribution in [0.15, 0.2) is 77.7 Å². The maximum Gasteiger partial charge on any atom is 0.261 e. The van der Waals surface area contributed by atoms with Crippen LogP contribution in [-0.2, 0) is 16.6 Å². The number of benzene rings is 3. The van der Waals surface area contributed by atoms with Gasteiger partial charge in [0.25, 0.3) is 15.9 Å². The maximum absolute atomic E-state index is 13.1. The fraction of sp³-hybridized carbons (Fsp3) is 0.269. The van der Waals surface area contributed by atoms with Crippen molar-refractivity contribution in [1.29, 1.82) is 0 Å². The molecule has 0 saturated heterocycles. The molecule has 1 fully saturated rings. The average Bonchev–Trinajstić information content (AvgIpc) is 3.36. The van der Waals surface area contributed by atoms with E-state index in [0.29, 0.717) is 23.5 Å². The van der Waals surface area contributed by atoms with Gasteiger partial charge in [-0.25, -0.2) is 8.42 Å². The lowest BCUT2D eigenvalue weighted by Gasteiger charge is -2.16. The molecule has 0 bridgehead atoms. The number of amides is 1. The number of rotatable bonds is 9. The molecule has 0 heterocycles. The first kappa shape index (κ1) is 23.6. The van der Waals surface area contributed by atoms with Crippen molar-refractivity contribution < 1.29 is 17.9 Å². The Morgan fingerprint density at radius 1 is 0.941 bits per heavy atom. The van der Waals surface area contributed by atoms with Crippen LogP contribution in [0.25, 0.3) is 0 Å². The molecular weight excluding hydrogens is 450 g/mol. The van der Waals surface area contributed by atoms with E-state index < -0.39 is 10.0 Å². The van der Waals surface area contributed by atoms with Gasteiger partial charge >= 0.3 is 0 Å². The summed E-state index contributed by atoms with van der Waals surface area (Å²) in [5, 5.41) is 6.29. The lowest BCUT2D eigenvalue weighted by Crippen LogP contribution is -2.32. The van der Waals surface area contributed by atoms with E-state index in [2.05, 4.69) is 15.4 Å². The van der Waals surface area contributed by atoms with E-state index in [1.807, 2.05) is 30.3 Å². The predicted molar refractivity (Wildman–Crippen MR) is 134 cm³/mol. The minimum atomic E-state index is -3.90. The normalized spacial score (nSPS) is 13.9. The largest absolute Gasteiger partial charge is 0.497 e. The van der Waals surface area contributed by atoms with E-state index in [-0.39, 0.29) is 16.8 Å². The number of anilines is 2. The summed E-state index contributed by atoms with van der Waals surface area (Å²) in [6, 6.07) is 21.0. The molecule has 0 aromatic heterocycles. The molecule has 4 rings (SSSR count). The third-order valence-corrected chi connectivity index (χ3v) is 7.19. The maximum atomic E-state index is 13.1. The molecule has 178 valence electrons. The van der Waals surface area contributed by atoms with Gasteiger partial charge in [-0.05, 0) is 60.9 Å². The molecule has 1 aliphatic rings. The number of sulfonamides is 1. The van der Waals surface area contributed by atoms with E-state index in [1.165, 1.54) is 12.1 Å². The second kappa shape index (κ2) is 10.6. The van der Waals surface area contributed by atoms with Gasteiger partial charge in [-0.2, -0.15) is 0 Å². The molecule has 0 aliphatic heterocycles. The molecule has 7 nitrogen and oxygen atoms in total. The molecule has 1 aliphatic carbocycles. The highest BCUT2D eigenvalue weighted by Gasteiger charge is 2.21. The highest BCUT2D eigenvalue weighted by atomic mass is 32.2. The second-order valence-corrected chi connectivity index (χ2v) is 10.1. The second-order valence-electron chi connectivity index (χ2n) is 8.38. The van der Waals surface area contributed by atoms with Gasteiger partial charge in [-0.15, -0.1) is 0 Å². The highest BCUT2D eigenvalue weighted by molar-refractivity contribution is 7.92. The summed E-state index contributed by atoms with van der Waals surface area (Å²) in [7, 11) is -2.30. The smallest absolute Gasteiger partial charge is 0.261 e. The molecule has 1 saturated carbocycles. The molecule has 3 N–H and O–H groups in total. The zero-order valence-corrected chi connectivity index (χ0v) is 19.9. The van der Waals surface area contributed by atoms with Crippen LogP contribution in [0, 0.1) is 0 Å². The monoisotopic (exact) mass is 479 g/mol. The number of nitrogens with one attached hydrogen (secondary N) is 3. The Hall–Kier alpha value is -3.52. The zero-order valence-electron chi connectivity index (χ0n) is 19.1. The number of para-hydroxylation sites is 1. The number of hydrogen-bond donors (Lipinski definition) is 3. The van der Waals surface area contributed by atoms with Crippen LogP contribution in [0.4, 0.5) is 11.4 Å². The molecule has 3 aromatic rings. The van der Waals surface area contributed by atoms with Crippen molar-refractivity contribution in [3.63, 3.8) is 0 Å². The summed E-state index contributed by atoms with van der Waals surface area (Å²) >= 11 is 0. The Bertz CT molecular complexity index is 1240. The molecule has 3 aromatic carbocycles. The van der Waals surface area contributed by atoms with Gasteiger partial charge in [-0.1, -0.05) is 43.2 Å². The Labute approximate surface area is 200 Å². The highest BCUT2D eigenvalue weighted by Crippen LogP contribution is 2.24. The first-order valence-electron chi connectivity index (χ1n) is 11.3. The number of methoxy groups -OCH3 is 1. The van der Waals surface area contributed by atoms with Crippen molar-refractivity contribution in [3.8, 4) is 5.75 Å². The summed E-state index contributed by atoms with van der Waals surface area (Å²) in [6.07, 6.45) is 4.07. The van der Waals surface area contributed by atoms with Gasteiger partial charge in [0.2, 0.25) is 0 Å². The van der Waals surface area contributed by atoms with Crippen molar-refractivity contribution in [1.82, 2.24) is 5.32 Å². The SMILES string of the molecule is COc1cccc(CNc2cc(C(=O)NC3CCCC3)cc(S(=O)(=O)Nc3ccccc3)c2)c1. The lowest BCUT2D eigenvalue weighted by molar-refractivity contribution is 0.0937. The van der Waals surface area contributed by atoms with Crippen LogP contribution >= 0.6 is 0 Å². The van der Waals surface area contributed by atoms with Crippen molar-refractivity contribution in [2.24, 2.45) is 0 Å². The lowest BCUT2D eigenvalue weighted by atomic mass is 10.1. The minimum absolute atomic E-state index is 0.0172. The number of ether oxygens (including phenoxy) is 1. The van der Waals surface area contributed by atoms with Gasteiger partial charge in [0.1, 0.15) is 5.75 Å². The first-order valence-corrected chi connectivity index (χ1v) is 12.8. The number of hydrogen-bond acceptors (Lipinski definition) is 5. The Kier molecular flexibility index (Phi) is 7.37. The standard InChI is InChI=1S/C26H29N3O4S/c1-33-24-13-7-8-19(14-24)18-27-23-15-20(26(30)28-21-9-5-6-10-21)16-25(17-23)34(31,32)29-22-11-3-2-4-12-22/h2-4,7-8,11-17,21,27,29H,5-6,9-10,18H2,1H3,(H,28,30). The van der Waals surface area contributed by atoms with Gasteiger partial charge < -0.3 is 15.4 Å². The van der Waals surface area contributed by atoms with Crippen LogP contribution in [-0.4, -0.2) is 27.5 Å². The van der Waals surface area contributed by atoms with Crippen molar-refractivity contribution in [2.75, 3.05) is 17.1 Å². The molecule has 0 unspecified atom stereocenters. The van der Waals surface area contributed by atoms with E-state index in [1.54, 1.807) is 37.4 Å². The third kappa shape index (κ3) is 6.08. The minimum Gasteiger partial charge on any atom is -0.497 e. The van der Waals surface area contributed by atoms with Gasteiger partial charge in [-0.3, -0.25) is 9.52 Å². The van der Waals surface area contributed by atoms with Crippen LogP contribution in [0.2, 0.25) is 0 Å². The van der Waals surface area contributed by atoms with Gasteiger partial charge in [0, 0.05) is 29.5 Å². The molecule has 0 spiro atoms. The number of carbonyl (C=O) groups excluding carboxylic acids is 1. The quantitative estimate of drug-likeness (QED) is 0.410. The zero-order chi connectivity index (χ0) is 24.0. The van der Waals surface area contributed by atoms with Gasteiger partial charge in [0.15, 0.2) is 0 Å². The molecule has 34 heavy (non-hydrogen) atoms. The van der Waals surface area contributed by atoms with Crippen molar-refractivity contribution in [2.45, 2.75) is 43.2 Å². The summed E-state index contributed by atoms with van der Waals surface area (Å²) in [5.41, 5.74) is 2.26. The number of carbonyl (C=O) groups is 1. The topological polar surface area (TPSA) is 96.5 Å². The van der Waals surface area contributed by atoms with E-state index in [4.69, 9.17) is 4.74 Å². The first-order chi connectivity index (χ1) is 16.4. The average molecular weight is 480 g/mol. The predicted octanol–water partition coefficient (Wildman–Crippen LogP) is 4.78.